The molecule has 1 saturated carbocycles. The molecule has 1 aromatic heterocycles. The Bertz CT molecular complexity index is 545. The molecule has 0 aromatic carbocycles. The fourth-order valence-electron chi connectivity index (χ4n) is 1.66. The molecule has 1 aromatic rings. The van der Waals surface area contributed by atoms with Crippen LogP contribution in [-0.2, 0) is 10.0 Å². The zero-order chi connectivity index (χ0) is 13.3. The quantitative estimate of drug-likeness (QED) is 0.623. The van der Waals surface area contributed by atoms with E-state index >= 15 is 0 Å². The first kappa shape index (κ1) is 13.7. The molecule has 0 unspecified atom stereocenters. The normalized spacial score (nSPS) is 16.0. The number of hydrazine groups is 1. The highest BCUT2D eigenvalue weighted by Gasteiger charge is 2.31. The summed E-state index contributed by atoms with van der Waals surface area (Å²) in [7, 11) is -1.98. The van der Waals surface area contributed by atoms with E-state index in [0.29, 0.717) is 16.9 Å². The van der Waals surface area contributed by atoms with Gasteiger partial charge in [0.05, 0.1) is 0 Å². The number of hydrogen-bond acceptors (Lipinski definition) is 5. The molecule has 0 aliphatic heterocycles. The molecule has 8 heteroatoms. The fourth-order valence-corrected chi connectivity index (χ4v) is 3.51. The summed E-state index contributed by atoms with van der Waals surface area (Å²) in [5, 5.41) is 0. The van der Waals surface area contributed by atoms with Crippen LogP contribution in [-0.4, -0.2) is 31.3 Å². The van der Waals surface area contributed by atoms with E-state index in [1.54, 1.807) is 7.05 Å². The van der Waals surface area contributed by atoms with Crippen molar-refractivity contribution in [1.29, 1.82) is 0 Å². The molecule has 1 aliphatic rings. The zero-order valence-corrected chi connectivity index (χ0v) is 12.3. The van der Waals surface area contributed by atoms with Gasteiger partial charge in [0.25, 0.3) is 0 Å². The molecule has 0 spiro atoms. The second-order valence-corrected chi connectivity index (χ2v) is 7.30. The van der Waals surface area contributed by atoms with Crippen LogP contribution in [0.15, 0.2) is 21.6 Å². The first-order valence-corrected chi connectivity index (χ1v) is 7.77. The summed E-state index contributed by atoms with van der Waals surface area (Å²) in [6, 6.07) is 1.50. The largest absolute Gasteiger partial charge is 0.307 e. The van der Waals surface area contributed by atoms with E-state index in [-0.39, 0.29) is 10.7 Å². The maximum absolute atomic E-state index is 12.4. The average molecular weight is 335 g/mol. The van der Waals surface area contributed by atoms with Gasteiger partial charge in [0, 0.05) is 24.3 Å². The second-order valence-electron chi connectivity index (χ2n) is 4.37. The number of rotatable bonds is 5. The lowest BCUT2D eigenvalue weighted by Gasteiger charge is -2.18. The van der Waals surface area contributed by atoms with Crippen molar-refractivity contribution in [1.82, 2.24) is 9.29 Å². The smallest absolute Gasteiger partial charge is 0.246 e. The second kappa shape index (κ2) is 5.12. The van der Waals surface area contributed by atoms with Crippen LogP contribution in [0.3, 0.4) is 0 Å². The minimum atomic E-state index is -3.56. The van der Waals surface area contributed by atoms with E-state index in [9.17, 15) is 8.42 Å². The van der Waals surface area contributed by atoms with Crippen molar-refractivity contribution in [2.75, 3.05) is 19.0 Å². The maximum Gasteiger partial charge on any atom is 0.246 e. The Balaban J connectivity index is 2.35. The van der Waals surface area contributed by atoms with Gasteiger partial charge in [0.15, 0.2) is 5.82 Å². The molecule has 2 rings (SSSR count). The van der Waals surface area contributed by atoms with Crippen LogP contribution in [0.4, 0.5) is 5.82 Å². The number of halogens is 1. The third-order valence-corrected chi connectivity index (χ3v) is 5.13. The standard InChI is InChI=1S/C10H15BrN4O2S/c1-15(6-7-2-3-7)18(16,17)9-4-8(11)5-13-10(9)14-12/h4-5,7H,2-3,6,12H2,1H3,(H,13,14). The number of hydrogen-bond donors (Lipinski definition) is 2. The third-order valence-electron chi connectivity index (χ3n) is 2.86. The van der Waals surface area contributed by atoms with Gasteiger partial charge >= 0.3 is 0 Å². The highest BCUT2D eigenvalue weighted by Crippen LogP contribution is 2.32. The van der Waals surface area contributed by atoms with Gasteiger partial charge in [-0.1, -0.05) is 0 Å². The molecule has 3 N–H and O–H groups in total. The van der Waals surface area contributed by atoms with Gasteiger partial charge in [-0.3, -0.25) is 0 Å². The first-order valence-electron chi connectivity index (χ1n) is 5.53. The van der Waals surface area contributed by atoms with E-state index in [0.717, 1.165) is 12.8 Å². The number of pyridine rings is 1. The summed E-state index contributed by atoms with van der Waals surface area (Å²) in [5.41, 5.74) is 2.31. The molecule has 0 radical (unpaired) electrons. The summed E-state index contributed by atoms with van der Waals surface area (Å²) in [6.45, 7) is 0.541. The zero-order valence-electron chi connectivity index (χ0n) is 9.93. The molecule has 1 heterocycles. The van der Waals surface area contributed by atoms with Gasteiger partial charge in [-0.2, -0.15) is 0 Å². The van der Waals surface area contributed by atoms with Crippen LogP contribution in [0.5, 0.6) is 0 Å². The summed E-state index contributed by atoms with van der Waals surface area (Å²) in [5.74, 6) is 5.94. The van der Waals surface area contributed by atoms with Gasteiger partial charge in [0.1, 0.15) is 4.90 Å². The van der Waals surface area contributed by atoms with E-state index < -0.39 is 10.0 Å². The van der Waals surface area contributed by atoms with Crippen molar-refractivity contribution in [3.8, 4) is 0 Å². The van der Waals surface area contributed by atoms with Crippen molar-refractivity contribution in [3.05, 3.63) is 16.7 Å². The van der Waals surface area contributed by atoms with Crippen LogP contribution in [0.25, 0.3) is 0 Å². The Labute approximate surface area is 115 Å². The molecule has 0 saturated heterocycles. The Morgan fingerprint density at radius 3 is 2.83 bits per heavy atom. The highest BCUT2D eigenvalue weighted by atomic mass is 79.9. The average Bonchev–Trinajstić information content (AvgIpc) is 3.12. The summed E-state index contributed by atoms with van der Waals surface area (Å²) < 4.78 is 26.7. The Hall–Kier alpha value is -0.700. The number of sulfonamides is 1. The fraction of sp³-hybridized carbons (Fsp3) is 0.500. The van der Waals surface area contributed by atoms with E-state index in [1.807, 2.05) is 0 Å². The Kier molecular flexibility index (Phi) is 3.90. The predicted octanol–water partition coefficient (Wildman–Crippen LogP) is 1.16. The molecule has 1 fully saturated rings. The van der Waals surface area contributed by atoms with E-state index in [2.05, 4.69) is 26.3 Å². The molecule has 6 nitrogen and oxygen atoms in total. The van der Waals surface area contributed by atoms with Crippen molar-refractivity contribution < 1.29 is 8.42 Å². The number of anilines is 1. The van der Waals surface area contributed by atoms with Gasteiger partial charge in [-0.15, -0.1) is 0 Å². The molecule has 18 heavy (non-hydrogen) atoms. The molecule has 0 bridgehead atoms. The summed E-state index contributed by atoms with van der Waals surface area (Å²) >= 11 is 3.22. The van der Waals surface area contributed by atoms with E-state index in [1.165, 1.54) is 16.6 Å². The molecule has 0 amide bonds. The topological polar surface area (TPSA) is 88.3 Å². The van der Waals surface area contributed by atoms with Crippen molar-refractivity contribution >= 4 is 31.8 Å². The van der Waals surface area contributed by atoms with Crippen molar-refractivity contribution in [2.45, 2.75) is 17.7 Å². The number of nitrogens with zero attached hydrogens (tertiary/aromatic N) is 2. The van der Waals surface area contributed by atoms with E-state index in [4.69, 9.17) is 5.84 Å². The van der Waals surface area contributed by atoms with Crippen molar-refractivity contribution in [2.24, 2.45) is 11.8 Å². The molecule has 1 aliphatic carbocycles. The van der Waals surface area contributed by atoms with Crippen LogP contribution in [0, 0.1) is 5.92 Å². The summed E-state index contributed by atoms with van der Waals surface area (Å²) in [6.07, 6.45) is 3.69. The molecule has 100 valence electrons. The van der Waals surface area contributed by atoms with Crippen LogP contribution in [0.1, 0.15) is 12.8 Å². The Morgan fingerprint density at radius 1 is 1.61 bits per heavy atom. The lowest BCUT2D eigenvalue weighted by Crippen LogP contribution is -2.30. The minimum Gasteiger partial charge on any atom is -0.307 e. The highest BCUT2D eigenvalue weighted by molar-refractivity contribution is 9.10. The van der Waals surface area contributed by atoms with Crippen molar-refractivity contribution in [3.63, 3.8) is 0 Å². The minimum absolute atomic E-state index is 0.0857. The van der Waals surface area contributed by atoms with Gasteiger partial charge in [0.2, 0.25) is 10.0 Å². The molecular formula is C10H15BrN4O2S. The lowest BCUT2D eigenvalue weighted by atomic mass is 10.4. The van der Waals surface area contributed by atoms with Gasteiger partial charge in [-0.05, 0) is 40.8 Å². The van der Waals surface area contributed by atoms with Crippen LogP contribution in [0.2, 0.25) is 0 Å². The number of nitrogens with one attached hydrogen (secondary N) is 1. The number of nitrogen functional groups attached to an aromatic ring is 1. The van der Waals surface area contributed by atoms with Crippen LogP contribution < -0.4 is 11.3 Å². The lowest BCUT2D eigenvalue weighted by molar-refractivity contribution is 0.453. The summed E-state index contributed by atoms with van der Waals surface area (Å²) in [4.78, 5) is 4.04. The molecular weight excluding hydrogens is 320 g/mol. The van der Waals surface area contributed by atoms with Gasteiger partial charge in [-0.25, -0.2) is 23.5 Å². The first-order chi connectivity index (χ1) is 8.45. The van der Waals surface area contributed by atoms with Crippen LogP contribution >= 0.6 is 15.9 Å². The monoisotopic (exact) mass is 334 g/mol. The third kappa shape index (κ3) is 2.82. The molecule has 0 atom stereocenters. The number of aromatic nitrogens is 1. The van der Waals surface area contributed by atoms with Gasteiger partial charge < -0.3 is 5.43 Å². The predicted molar refractivity (Wildman–Crippen MR) is 72.3 cm³/mol. The maximum atomic E-state index is 12.4. The number of nitrogens with two attached hydrogens (primary N) is 1. The SMILES string of the molecule is CN(CC1CC1)S(=O)(=O)c1cc(Br)cnc1NN. The Morgan fingerprint density at radius 2 is 2.28 bits per heavy atom.